The molecule has 1 aliphatic carbocycles. The van der Waals surface area contributed by atoms with Crippen LogP contribution in [0.1, 0.15) is 35.9 Å². The van der Waals surface area contributed by atoms with Gasteiger partial charge in [-0.15, -0.1) is 11.3 Å². The Labute approximate surface area is 90.5 Å². The summed E-state index contributed by atoms with van der Waals surface area (Å²) in [5, 5.41) is 3.40. The van der Waals surface area contributed by atoms with Crippen LogP contribution in [0.5, 0.6) is 0 Å². The molecule has 0 bridgehead atoms. The van der Waals surface area contributed by atoms with Gasteiger partial charge in [0.05, 0.1) is 0 Å². The van der Waals surface area contributed by atoms with Crippen LogP contribution in [0.25, 0.3) is 0 Å². The van der Waals surface area contributed by atoms with Crippen molar-refractivity contribution in [1.82, 2.24) is 5.32 Å². The van der Waals surface area contributed by atoms with Gasteiger partial charge in [-0.2, -0.15) is 0 Å². The van der Waals surface area contributed by atoms with E-state index in [1.165, 1.54) is 24.1 Å². The van der Waals surface area contributed by atoms with Crippen LogP contribution in [0.3, 0.4) is 0 Å². The van der Waals surface area contributed by atoms with Gasteiger partial charge in [0, 0.05) is 21.2 Å². The van der Waals surface area contributed by atoms with E-state index in [9.17, 15) is 0 Å². The molecule has 2 rings (SSSR count). The topological polar surface area (TPSA) is 12.0 Å². The van der Waals surface area contributed by atoms with Crippen molar-refractivity contribution in [3.05, 3.63) is 21.9 Å². The first-order valence-electron chi connectivity index (χ1n) is 5.38. The van der Waals surface area contributed by atoms with Crippen LogP contribution < -0.4 is 5.32 Å². The van der Waals surface area contributed by atoms with E-state index in [0.29, 0.717) is 5.41 Å². The molecular weight excluding hydrogens is 190 g/mol. The number of aryl methyl sites for hydroxylation is 1. The first kappa shape index (κ1) is 10.2. The van der Waals surface area contributed by atoms with E-state index >= 15 is 0 Å². The highest BCUT2D eigenvalue weighted by atomic mass is 32.1. The van der Waals surface area contributed by atoms with E-state index in [1.54, 1.807) is 4.88 Å². The fourth-order valence-electron chi connectivity index (χ4n) is 2.47. The molecule has 1 aliphatic rings. The standard InChI is InChI=1S/C12H19NS/c1-9-4-5-11(14-9)12(2)7-6-10(8-12)13-3/h4-5,10,13H,6-8H2,1-3H3. The third kappa shape index (κ3) is 1.73. The van der Waals surface area contributed by atoms with Crippen molar-refractivity contribution in [2.75, 3.05) is 7.05 Å². The Kier molecular flexibility index (Phi) is 2.67. The monoisotopic (exact) mass is 209 g/mol. The number of hydrogen-bond donors (Lipinski definition) is 1. The molecule has 0 radical (unpaired) electrons. The lowest BCUT2D eigenvalue weighted by atomic mass is 9.87. The average Bonchev–Trinajstić information content (AvgIpc) is 2.73. The van der Waals surface area contributed by atoms with Gasteiger partial charge >= 0.3 is 0 Å². The van der Waals surface area contributed by atoms with Crippen molar-refractivity contribution < 1.29 is 0 Å². The Hall–Kier alpha value is -0.340. The van der Waals surface area contributed by atoms with Crippen molar-refractivity contribution in [3.8, 4) is 0 Å². The maximum atomic E-state index is 3.40. The molecule has 0 amide bonds. The van der Waals surface area contributed by atoms with Crippen LogP contribution >= 0.6 is 11.3 Å². The number of thiophene rings is 1. The summed E-state index contributed by atoms with van der Waals surface area (Å²) in [4.78, 5) is 3.02. The second kappa shape index (κ2) is 3.67. The minimum atomic E-state index is 0.437. The van der Waals surface area contributed by atoms with Crippen molar-refractivity contribution in [1.29, 1.82) is 0 Å². The summed E-state index contributed by atoms with van der Waals surface area (Å²) in [6.45, 7) is 4.61. The molecule has 1 aromatic rings. The molecule has 78 valence electrons. The van der Waals surface area contributed by atoms with E-state index in [2.05, 4.69) is 38.3 Å². The maximum absolute atomic E-state index is 3.40. The Morgan fingerprint density at radius 3 is 2.79 bits per heavy atom. The second-order valence-corrected chi connectivity index (χ2v) is 5.99. The molecule has 0 aromatic carbocycles. The average molecular weight is 209 g/mol. The third-order valence-electron chi connectivity index (χ3n) is 3.48. The Balaban J connectivity index is 2.18. The predicted molar refractivity (Wildman–Crippen MR) is 63.1 cm³/mol. The fraction of sp³-hybridized carbons (Fsp3) is 0.667. The van der Waals surface area contributed by atoms with Crippen molar-refractivity contribution in [2.24, 2.45) is 0 Å². The van der Waals surface area contributed by atoms with Crippen molar-refractivity contribution in [2.45, 2.75) is 44.6 Å². The van der Waals surface area contributed by atoms with E-state index in [-0.39, 0.29) is 0 Å². The van der Waals surface area contributed by atoms with E-state index in [0.717, 1.165) is 6.04 Å². The van der Waals surface area contributed by atoms with Gasteiger partial charge in [0.15, 0.2) is 0 Å². The molecule has 1 fully saturated rings. The number of rotatable bonds is 2. The Morgan fingerprint density at radius 1 is 1.50 bits per heavy atom. The predicted octanol–water partition coefficient (Wildman–Crippen LogP) is 3.09. The number of hydrogen-bond acceptors (Lipinski definition) is 2. The molecule has 2 unspecified atom stereocenters. The molecule has 0 spiro atoms. The molecule has 1 nitrogen and oxygen atoms in total. The largest absolute Gasteiger partial charge is 0.317 e. The minimum Gasteiger partial charge on any atom is -0.317 e. The fourth-order valence-corrected chi connectivity index (χ4v) is 3.52. The molecule has 2 atom stereocenters. The summed E-state index contributed by atoms with van der Waals surface area (Å²) in [5.41, 5.74) is 0.437. The molecular formula is C12H19NS. The summed E-state index contributed by atoms with van der Waals surface area (Å²) in [5.74, 6) is 0. The SMILES string of the molecule is CNC1CCC(C)(c2ccc(C)s2)C1. The summed E-state index contributed by atoms with van der Waals surface area (Å²) in [7, 11) is 2.08. The van der Waals surface area contributed by atoms with Gasteiger partial charge in [-0.05, 0) is 45.4 Å². The first-order chi connectivity index (χ1) is 6.64. The van der Waals surface area contributed by atoms with Crippen molar-refractivity contribution >= 4 is 11.3 Å². The lowest BCUT2D eigenvalue weighted by Crippen LogP contribution is -2.25. The van der Waals surface area contributed by atoms with Gasteiger partial charge < -0.3 is 5.32 Å². The lowest BCUT2D eigenvalue weighted by molar-refractivity contribution is 0.475. The highest BCUT2D eigenvalue weighted by Gasteiger charge is 2.36. The summed E-state index contributed by atoms with van der Waals surface area (Å²) in [6.07, 6.45) is 3.95. The van der Waals surface area contributed by atoms with Gasteiger partial charge in [-0.1, -0.05) is 6.92 Å². The quantitative estimate of drug-likeness (QED) is 0.789. The zero-order valence-corrected chi connectivity index (χ0v) is 10.1. The first-order valence-corrected chi connectivity index (χ1v) is 6.20. The zero-order valence-electron chi connectivity index (χ0n) is 9.26. The van der Waals surface area contributed by atoms with Gasteiger partial charge in [-0.25, -0.2) is 0 Å². The smallest absolute Gasteiger partial charge is 0.0108 e. The maximum Gasteiger partial charge on any atom is 0.0108 e. The van der Waals surface area contributed by atoms with E-state index < -0.39 is 0 Å². The summed E-state index contributed by atoms with van der Waals surface area (Å²) < 4.78 is 0. The van der Waals surface area contributed by atoms with Crippen LogP contribution in [0, 0.1) is 6.92 Å². The highest BCUT2D eigenvalue weighted by molar-refractivity contribution is 7.12. The zero-order chi connectivity index (χ0) is 10.2. The van der Waals surface area contributed by atoms with Crippen LogP contribution in [-0.2, 0) is 5.41 Å². The molecule has 1 N–H and O–H groups in total. The van der Waals surface area contributed by atoms with Gasteiger partial charge in [0.25, 0.3) is 0 Å². The molecule has 0 aliphatic heterocycles. The van der Waals surface area contributed by atoms with Crippen LogP contribution in [0.4, 0.5) is 0 Å². The molecule has 1 heterocycles. The van der Waals surface area contributed by atoms with Crippen LogP contribution in [0.15, 0.2) is 12.1 Å². The second-order valence-electron chi connectivity index (χ2n) is 4.70. The van der Waals surface area contributed by atoms with Crippen LogP contribution in [0.2, 0.25) is 0 Å². The van der Waals surface area contributed by atoms with Crippen LogP contribution in [-0.4, -0.2) is 13.1 Å². The van der Waals surface area contributed by atoms with Gasteiger partial charge in [0.2, 0.25) is 0 Å². The lowest BCUT2D eigenvalue weighted by Gasteiger charge is -2.22. The summed E-state index contributed by atoms with van der Waals surface area (Å²) in [6, 6.07) is 5.29. The van der Waals surface area contributed by atoms with E-state index in [1.807, 2.05) is 11.3 Å². The minimum absolute atomic E-state index is 0.437. The number of nitrogens with one attached hydrogen (secondary N) is 1. The summed E-state index contributed by atoms with van der Waals surface area (Å²) >= 11 is 1.97. The van der Waals surface area contributed by atoms with Gasteiger partial charge in [0.1, 0.15) is 0 Å². The molecule has 1 aromatic heterocycles. The van der Waals surface area contributed by atoms with Crippen molar-refractivity contribution in [3.63, 3.8) is 0 Å². The Morgan fingerprint density at radius 2 is 2.29 bits per heavy atom. The highest BCUT2D eigenvalue weighted by Crippen LogP contribution is 2.43. The third-order valence-corrected chi connectivity index (χ3v) is 4.79. The molecule has 14 heavy (non-hydrogen) atoms. The molecule has 2 heteroatoms. The Bertz CT molecular complexity index is 318. The molecule has 0 saturated heterocycles. The molecule has 1 saturated carbocycles. The van der Waals surface area contributed by atoms with Gasteiger partial charge in [-0.3, -0.25) is 0 Å². The van der Waals surface area contributed by atoms with E-state index in [4.69, 9.17) is 0 Å². The normalized spacial score (nSPS) is 32.4.